The van der Waals surface area contributed by atoms with E-state index < -0.39 is 35.2 Å². The molecule has 0 unspecified atom stereocenters. The molecule has 2 amide bonds. The molecule has 0 aliphatic heterocycles. The Kier molecular flexibility index (Phi) is 11.6. The zero-order chi connectivity index (χ0) is 27.8. The van der Waals surface area contributed by atoms with E-state index in [2.05, 4.69) is 24.1 Å². The van der Waals surface area contributed by atoms with Crippen molar-refractivity contribution in [3.63, 3.8) is 0 Å². The van der Waals surface area contributed by atoms with Gasteiger partial charge < -0.3 is 20.1 Å². The molecule has 0 saturated heterocycles. The first-order valence-corrected chi connectivity index (χ1v) is 13.0. The summed E-state index contributed by atoms with van der Waals surface area (Å²) in [5.74, 6) is -0.335. The zero-order valence-electron chi connectivity index (χ0n) is 21.9. The molecule has 1 aromatic heterocycles. The van der Waals surface area contributed by atoms with Gasteiger partial charge in [0.1, 0.15) is 18.4 Å². The monoisotopic (exact) mass is 555 g/mol. The molecular weight excluding hydrogens is 520 g/mol. The third-order valence-electron chi connectivity index (χ3n) is 5.46. The summed E-state index contributed by atoms with van der Waals surface area (Å²) in [7, 11) is 0. The molecule has 0 saturated carbocycles. The van der Waals surface area contributed by atoms with Crippen LogP contribution in [0.2, 0.25) is 0 Å². The minimum atomic E-state index is -1.36. The Balaban J connectivity index is 2.11. The van der Waals surface area contributed by atoms with E-state index in [-0.39, 0.29) is 6.09 Å². The number of benzene rings is 1. The molecule has 2 atom stereocenters. The lowest BCUT2D eigenvalue weighted by atomic mass is 9.99. The average Bonchev–Trinajstić information content (AvgIpc) is 2.83. The predicted molar refractivity (Wildman–Crippen MR) is 144 cm³/mol. The highest BCUT2D eigenvalue weighted by Gasteiger charge is 2.25. The molecule has 10 heteroatoms. The van der Waals surface area contributed by atoms with Crippen LogP contribution < -0.4 is 5.32 Å². The number of aliphatic hydroxyl groups excluding tert-OH is 1. The summed E-state index contributed by atoms with van der Waals surface area (Å²) < 4.78 is 19.0. The molecule has 2 rings (SSSR count). The molecule has 1 heterocycles. The maximum Gasteiger partial charge on any atom is 0.410 e. The summed E-state index contributed by atoms with van der Waals surface area (Å²) in [5, 5.41) is 12.8. The van der Waals surface area contributed by atoms with Gasteiger partial charge in [-0.3, -0.25) is 9.78 Å². The lowest BCUT2D eigenvalue weighted by Crippen LogP contribution is -2.43. The lowest BCUT2D eigenvalue weighted by Gasteiger charge is -2.27. The van der Waals surface area contributed by atoms with Crippen molar-refractivity contribution in [1.29, 1.82) is 0 Å². The summed E-state index contributed by atoms with van der Waals surface area (Å²) >= 11 is 11.0. The van der Waals surface area contributed by atoms with Crippen LogP contribution in [0, 0.1) is 5.92 Å². The fourth-order valence-corrected chi connectivity index (χ4v) is 3.54. The number of halogens is 3. The van der Waals surface area contributed by atoms with Crippen LogP contribution in [0.3, 0.4) is 0 Å². The van der Waals surface area contributed by atoms with Gasteiger partial charge in [-0.15, -0.1) is 0 Å². The third kappa shape index (κ3) is 10.1. The fourth-order valence-electron chi connectivity index (χ4n) is 3.41. The Morgan fingerprint density at radius 3 is 2.22 bits per heavy atom. The summed E-state index contributed by atoms with van der Waals surface area (Å²) in [6, 6.07) is 9.42. The van der Waals surface area contributed by atoms with Crippen molar-refractivity contribution in [2.24, 2.45) is 5.92 Å². The van der Waals surface area contributed by atoms with E-state index in [9.17, 15) is 19.1 Å². The number of nitrogens with one attached hydrogen (secondary N) is 1. The summed E-state index contributed by atoms with van der Waals surface area (Å²) in [5.41, 5.74) is 2.23. The Morgan fingerprint density at radius 2 is 1.73 bits per heavy atom. The number of hydrogen-bond donors (Lipinski definition) is 2. The van der Waals surface area contributed by atoms with E-state index >= 15 is 0 Å². The molecule has 0 radical (unpaired) electrons. The van der Waals surface area contributed by atoms with Gasteiger partial charge >= 0.3 is 6.09 Å². The molecule has 0 aliphatic carbocycles. The molecule has 0 aliphatic rings. The van der Waals surface area contributed by atoms with E-state index in [1.807, 2.05) is 32.9 Å². The average molecular weight is 557 g/mol. The van der Waals surface area contributed by atoms with Gasteiger partial charge in [-0.2, -0.15) is 0 Å². The maximum absolute atomic E-state index is 13.4. The van der Waals surface area contributed by atoms with Crippen LogP contribution in [-0.2, 0) is 16.1 Å². The van der Waals surface area contributed by atoms with Crippen molar-refractivity contribution in [3.8, 4) is 11.1 Å². The first kappa shape index (κ1) is 30.8. The number of nitrogens with zero attached hydrogens (tertiary/aromatic N) is 2. The SMILES string of the molecule is CC(C)CCN(Cc1ccc(-c2ccc([C@@H](O)[C@@H](CF)NC(=O)C(Cl)Cl)cc2)cn1)C(=O)OC(C)(C)C. The number of hydrogen-bond acceptors (Lipinski definition) is 5. The van der Waals surface area contributed by atoms with Crippen LogP contribution in [0.4, 0.5) is 9.18 Å². The van der Waals surface area contributed by atoms with Gasteiger partial charge in [-0.25, -0.2) is 9.18 Å². The molecule has 0 spiro atoms. The van der Waals surface area contributed by atoms with Gasteiger partial charge in [0, 0.05) is 18.3 Å². The smallest absolute Gasteiger partial charge is 0.410 e. The van der Waals surface area contributed by atoms with Crippen molar-refractivity contribution < 1.29 is 23.8 Å². The van der Waals surface area contributed by atoms with E-state index in [4.69, 9.17) is 27.9 Å². The minimum absolute atomic E-state index is 0.328. The van der Waals surface area contributed by atoms with E-state index in [0.717, 1.165) is 23.2 Å². The van der Waals surface area contributed by atoms with E-state index in [1.54, 1.807) is 35.4 Å². The van der Waals surface area contributed by atoms with Crippen LogP contribution in [0.25, 0.3) is 11.1 Å². The number of aliphatic hydroxyl groups is 1. The Hall–Kier alpha value is -2.42. The highest BCUT2D eigenvalue weighted by Crippen LogP contribution is 2.24. The predicted octanol–water partition coefficient (Wildman–Crippen LogP) is 5.82. The van der Waals surface area contributed by atoms with Crippen molar-refractivity contribution in [2.75, 3.05) is 13.2 Å². The van der Waals surface area contributed by atoms with Crippen LogP contribution >= 0.6 is 23.2 Å². The van der Waals surface area contributed by atoms with Gasteiger partial charge in [-0.05, 0) is 50.3 Å². The van der Waals surface area contributed by atoms with Crippen molar-refractivity contribution >= 4 is 35.2 Å². The van der Waals surface area contributed by atoms with Crippen molar-refractivity contribution in [1.82, 2.24) is 15.2 Å². The van der Waals surface area contributed by atoms with Crippen LogP contribution in [0.5, 0.6) is 0 Å². The topological polar surface area (TPSA) is 91.8 Å². The minimum Gasteiger partial charge on any atom is -0.444 e. The van der Waals surface area contributed by atoms with E-state index in [0.29, 0.717) is 24.6 Å². The Labute approximate surface area is 228 Å². The highest BCUT2D eigenvalue weighted by molar-refractivity contribution is 6.53. The number of carbonyl (C=O) groups excluding carboxylic acids is 2. The van der Waals surface area contributed by atoms with Gasteiger partial charge in [0.25, 0.3) is 5.91 Å². The lowest BCUT2D eigenvalue weighted by molar-refractivity contribution is -0.121. The largest absolute Gasteiger partial charge is 0.444 e. The second kappa shape index (κ2) is 13.9. The molecule has 204 valence electrons. The van der Waals surface area contributed by atoms with Crippen LogP contribution in [-0.4, -0.2) is 56.7 Å². The highest BCUT2D eigenvalue weighted by atomic mass is 35.5. The van der Waals surface area contributed by atoms with Crippen molar-refractivity contribution in [3.05, 3.63) is 53.9 Å². The first-order chi connectivity index (χ1) is 17.3. The van der Waals surface area contributed by atoms with Gasteiger partial charge in [-0.1, -0.05) is 67.4 Å². The second-order valence-corrected chi connectivity index (χ2v) is 11.4. The van der Waals surface area contributed by atoms with Crippen LogP contribution in [0.15, 0.2) is 42.6 Å². The second-order valence-electron chi connectivity index (χ2n) is 10.3. The first-order valence-electron chi connectivity index (χ1n) is 12.2. The molecule has 2 N–H and O–H groups in total. The fraction of sp³-hybridized carbons (Fsp3) is 0.519. The molecule has 0 fully saturated rings. The zero-order valence-corrected chi connectivity index (χ0v) is 23.4. The Morgan fingerprint density at radius 1 is 1.11 bits per heavy atom. The van der Waals surface area contributed by atoms with Gasteiger partial charge in [0.05, 0.1) is 18.3 Å². The normalized spacial score (nSPS) is 13.4. The molecular formula is C27H36Cl2FN3O4. The molecule has 7 nitrogen and oxygen atoms in total. The third-order valence-corrected chi connectivity index (χ3v) is 5.86. The summed E-state index contributed by atoms with van der Waals surface area (Å²) in [4.78, 5) is 29.2. The molecule has 2 aromatic rings. The number of carbonyl (C=O) groups is 2. The number of rotatable bonds is 11. The number of aromatic nitrogens is 1. The number of alkyl halides is 3. The quantitative estimate of drug-likeness (QED) is 0.340. The maximum atomic E-state index is 13.4. The van der Waals surface area contributed by atoms with Gasteiger partial charge in [0.2, 0.25) is 0 Å². The summed E-state index contributed by atoms with van der Waals surface area (Å²) in [6.45, 7) is 9.63. The number of ether oxygens (including phenoxy) is 1. The summed E-state index contributed by atoms with van der Waals surface area (Å²) in [6.07, 6.45) is 0.909. The molecule has 0 bridgehead atoms. The standard InChI is InChI=1S/C27H36Cl2FN3O4/c1-17(2)12-13-33(26(36)37-27(3,4)5)16-21-11-10-20(15-31-21)18-6-8-19(9-7-18)23(34)22(14-30)32-25(35)24(28)29/h6-11,15,17,22-24,34H,12-14,16H2,1-5H3,(H,32,35)/t22-,23-/m1/s1. The molecule has 37 heavy (non-hydrogen) atoms. The Bertz CT molecular complexity index is 1010. The van der Waals surface area contributed by atoms with Crippen molar-refractivity contribution in [2.45, 2.75) is 70.2 Å². The molecule has 1 aromatic carbocycles. The van der Waals surface area contributed by atoms with Gasteiger partial charge in [0.15, 0.2) is 4.84 Å². The number of pyridine rings is 1. The van der Waals surface area contributed by atoms with Crippen LogP contribution in [0.1, 0.15) is 58.4 Å². The van der Waals surface area contributed by atoms with E-state index in [1.165, 1.54) is 0 Å². The number of amides is 2.